The lowest BCUT2D eigenvalue weighted by atomic mass is 10.2. The predicted molar refractivity (Wildman–Crippen MR) is 72.9 cm³/mol. The fourth-order valence-corrected chi connectivity index (χ4v) is 3.26. The number of anilines is 1. The molecule has 2 N–H and O–H groups in total. The van der Waals surface area contributed by atoms with Crippen LogP contribution in [0.2, 0.25) is 0 Å². The zero-order chi connectivity index (χ0) is 14.0. The van der Waals surface area contributed by atoms with Crippen LogP contribution < -0.4 is 5.73 Å². The number of benzene rings is 2. The van der Waals surface area contributed by atoms with E-state index in [1.807, 2.05) is 19.1 Å². The van der Waals surface area contributed by atoms with Crippen LogP contribution in [-0.2, 0) is 15.6 Å². The van der Waals surface area contributed by atoms with Crippen LogP contribution in [0.15, 0.2) is 47.4 Å². The molecule has 2 aromatic carbocycles. The van der Waals surface area contributed by atoms with Crippen molar-refractivity contribution in [2.24, 2.45) is 0 Å². The van der Waals surface area contributed by atoms with Gasteiger partial charge in [-0.25, -0.2) is 12.8 Å². The Labute approximate surface area is 111 Å². The second kappa shape index (κ2) is 5.01. The van der Waals surface area contributed by atoms with Crippen molar-refractivity contribution in [3.63, 3.8) is 0 Å². The van der Waals surface area contributed by atoms with Crippen LogP contribution in [0.5, 0.6) is 0 Å². The minimum Gasteiger partial charge on any atom is -0.398 e. The monoisotopic (exact) mass is 279 g/mol. The maximum atomic E-state index is 12.9. The molecule has 0 heterocycles. The lowest BCUT2D eigenvalue weighted by Crippen LogP contribution is -2.08. The van der Waals surface area contributed by atoms with Crippen molar-refractivity contribution < 1.29 is 12.8 Å². The van der Waals surface area contributed by atoms with Crippen molar-refractivity contribution in [1.29, 1.82) is 0 Å². The minimum absolute atomic E-state index is 0.0329. The molecular weight excluding hydrogens is 265 g/mol. The Balaban J connectivity index is 2.35. The van der Waals surface area contributed by atoms with Crippen molar-refractivity contribution in [2.45, 2.75) is 17.6 Å². The molecule has 100 valence electrons. The average molecular weight is 279 g/mol. The fourth-order valence-electron chi connectivity index (χ4n) is 1.78. The molecule has 0 spiro atoms. The molecule has 0 bridgehead atoms. The van der Waals surface area contributed by atoms with E-state index in [4.69, 9.17) is 5.73 Å². The summed E-state index contributed by atoms with van der Waals surface area (Å²) in [7, 11) is -3.57. The SMILES string of the molecule is Cc1ccc(CS(=O)(=O)c2ccc(F)cc2N)cc1. The molecule has 0 saturated carbocycles. The van der Waals surface area contributed by atoms with Crippen molar-refractivity contribution in [2.75, 3.05) is 5.73 Å². The van der Waals surface area contributed by atoms with Crippen LogP contribution in [0.1, 0.15) is 11.1 Å². The number of nitrogen functional groups attached to an aromatic ring is 1. The second-order valence-corrected chi connectivity index (χ2v) is 6.38. The van der Waals surface area contributed by atoms with Gasteiger partial charge in [0.2, 0.25) is 0 Å². The zero-order valence-electron chi connectivity index (χ0n) is 10.4. The van der Waals surface area contributed by atoms with E-state index in [9.17, 15) is 12.8 Å². The fraction of sp³-hybridized carbons (Fsp3) is 0.143. The van der Waals surface area contributed by atoms with E-state index >= 15 is 0 Å². The van der Waals surface area contributed by atoms with Crippen LogP contribution >= 0.6 is 0 Å². The van der Waals surface area contributed by atoms with E-state index in [2.05, 4.69) is 0 Å². The smallest absolute Gasteiger partial charge is 0.184 e. The minimum atomic E-state index is -3.57. The molecule has 2 rings (SSSR count). The first-order valence-corrected chi connectivity index (χ1v) is 7.37. The molecule has 2 aromatic rings. The Bertz CT molecular complexity index is 694. The molecule has 3 nitrogen and oxygen atoms in total. The highest BCUT2D eigenvalue weighted by molar-refractivity contribution is 7.90. The summed E-state index contributed by atoms with van der Waals surface area (Å²) in [4.78, 5) is -0.0329. The van der Waals surface area contributed by atoms with E-state index in [-0.39, 0.29) is 16.3 Å². The number of rotatable bonds is 3. The molecular formula is C14H14FNO2S. The van der Waals surface area contributed by atoms with Crippen molar-refractivity contribution >= 4 is 15.5 Å². The number of hydrogen-bond donors (Lipinski definition) is 1. The summed E-state index contributed by atoms with van der Waals surface area (Å²) in [5.74, 6) is -0.699. The largest absolute Gasteiger partial charge is 0.398 e. The van der Waals surface area contributed by atoms with Crippen LogP contribution in [0, 0.1) is 12.7 Å². The van der Waals surface area contributed by atoms with Crippen LogP contribution in [0.25, 0.3) is 0 Å². The highest BCUT2D eigenvalue weighted by atomic mass is 32.2. The molecule has 0 aliphatic carbocycles. The summed E-state index contributed by atoms with van der Waals surface area (Å²) >= 11 is 0. The average Bonchev–Trinajstić information content (AvgIpc) is 2.31. The van der Waals surface area contributed by atoms with Crippen molar-refractivity contribution in [1.82, 2.24) is 0 Å². The molecule has 0 aliphatic rings. The van der Waals surface area contributed by atoms with Gasteiger partial charge in [-0.05, 0) is 30.7 Å². The number of nitrogens with two attached hydrogens (primary N) is 1. The van der Waals surface area contributed by atoms with Gasteiger partial charge in [-0.15, -0.1) is 0 Å². The Hall–Kier alpha value is -1.88. The van der Waals surface area contributed by atoms with Gasteiger partial charge in [0.25, 0.3) is 0 Å². The third kappa shape index (κ3) is 3.12. The lowest BCUT2D eigenvalue weighted by Gasteiger charge is -2.08. The van der Waals surface area contributed by atoms with Gasteiger partial charge < -0.3 is 5.73 Å². The summed E-state index contributed by atoms with van der Waals surface area (Å²) in [5.41, 5.74) is 7.24. The van der Waals surface area contributed by atoms with E-state index in [0.29, 0.717) is 5.56 Å². The molecule has 0 aromatic heterocycles. The number of aryl methyl sites for hydroxylation is 1. The van der Waals surface area contributed by atoms with E-state index in [1.54, 1.807) is 12.1 Å². The van der Waals surface area contributed by atoms with Gasteiger partial charge in [0.15, 0.2) is 9.84 Å². The molecule has 19 heavy (non-hydrogen) atoms. The van der Waals surface area contributed by atoms with Gasteiger partial charge in [0.1, 0.15) is 5.82 Å². The third-order valence-corrected chi connectivity index (χ3v) is 4.54. The molecule has 0 fully saturated rings. The molecule has 0 saturated heterocycles. The van der Waals surface area contributed by atoms with Crippen LogP contribution in [0.4, 0.5) is 10.1 Å². The third-order valence-electron chi connectivity index (χ3n) is 2.78. The zero-order valence-corrected chi connectivity index (χ0v) is 11.2. The molecule has 0 amide bonds. The number of hydrogen-bond acceptors (Lipinski definition) is 3. The Morgan fingerprint density at radius 3 is 2.32 bits per heavy atom. The summed E-state index contributed by atoms with van der Waals surface area (Å²) in [6.07, 6.45) is 0. The van der Waals surface area contributed by atoms with Crippen LogP contribution in [-0.4, -0.2) is 8.42 Å². The predicted octanol–water partition coefficient (Wildman–Crippen LogP) is 2.69. The van der Waals surface area contributed by atoms with Gasteiger partial charge >= 0.3 is 0 Å². The lowest BCUT2D eigenvalue weighted by molar-refractivity contribution is 0.594. The van der Waals surface area contributed by atoms with Gasteiger partial charge in [-0.2, -0.15) is 0 Å². The first kappa shape index (κ1) is 13.5. The molecule has 0 atom stereocenters. The summed E-state index contributed by atoms with van der Waals surface area (Å²) in [6.45, 7) is 1.93. The van der Waals surface area contributed by atoms with E-state index in [0.717, 1.165) is 17.7 Å². The topological polar surface area (TPSA) is 60.2 Å². The van der Waals surface area contributed by atoms with Gasteiger partial charge in [-0.3, -0.25) is 0 Å². The molecule has 0 aliphatic heterocycles. The summed E-state index contributed by atoms with van der Waals surface area (Å²) in [6, 6.07) is 10.5. The van der Waals surface area contributed by atoms with E-state index in [1.165, 1.54) is 6.07 Å². The Morgan fingerprint density at radius 1 is 1.11 bits per heavy atom. The quantitative estimate of drug-likeness (QED) is 0.694. The standard InChI is InChI=1S/C14H14FNO2S/c1-10-2-4-11(5-3-10)9-19(17,18)14-7-6-12(15)8-13(14)16/h2-8H,9,16H2,1H3. The van der Waals surface area contributed by atoms with Gasteiger partial charge in [0, 0.05) is 0 Å². The van der Waals surface area contributed by atoms with E-state index < -0.39 is 15.7 Å². The molecule has 0 unspecified atom stereocenters. The Morgan fingerprint density at radius 2 is 1.74 bits per heavy atom. The molecule has 5 heteroatoms. The number of sulfone groups is 1. The Kier molecular flexibility index (Phi) is 3.57. The first-order chi connectivity index (χ1) is 8.88. The number of halogens is 1. The highest BCUT2D eigenvalue weighted by Gasteiger charge is 2.18. The van der Waals surface area contributed by atoms with Gasteiger partial charge in [0.05, 0.1) is 16.3 Å². The normalized spacial score (nSPS) is 11.5. The maximum absolute atomic E-state index is 12.9. The van der Waals surface area contributed by atoms with Crippen molar-refractivity contribution in [3.8, 4) is 0 Å². The second-order valence-electron chi connectivity index (χ2n) is 4.43. The maximum Gasteiger partial charge on any atom is 0.184 e. The summed E-state index contributed by atoms with van der Waals surface area (Å²) in [5, 5.41) is 0. The molecule has 0 radical (unpaired) electrons. The van der Waals surface area contributed by atoms with Crippen molar-refractivity contribution in [3.05, 3.63) is 59.4 Å². The van der Waals surface area contributed by atoms with Gasteiger partial charge in [-0.1, -0.05) is 29.8 Å². The van der Waals surface area contributed by atoms with Crippen LogP contribution in [0.3, 0.4) is 0 Å². The summed E-state index contributed by atoms with van der Waals surface area (Å²) < 4.78 is 37.4. The highest BCUT2D eigenvalue weighted by Crippen LogP contribution is 2.23. The first-order valence-electron chi connectivity index (χ1n) is 5.72.